The van der Waals surface area contributed by atoms with Gasteiger partial charge in [0.05, 0.1) is 11.8 Å². The molecule has 0 aromatic carbocycles. The zero-order valence-electron chi connectivity index (χ0n) is 9.09. The SMILES string of the molecule is CC(N)c1nnc(C2CCCCS2(=O)=O)s1. The van der Waals surface area contributed by atoms with E-state index in [1.807, 2.05) is 6.92 Å². The van der Waals surface area contributed by atoms with Crippen LogP contribution < -0.4 is 5.73 Å². The van der Waals surface area contributed by atoms with E-state index in [2.05, 4.69) is 10.2 Å². The molecule has 1 saturated heterocycles. The monoisotopic (exact) mass is 261 g/mol. The Morgan fingerprint density at radius 2 is 2.19 bits per heavy atom. The molecule has 1 aliphatic heterocycles. The zero-order valence-corrected chi connectivity index (χ0v) is 10.7. The highest BCUT2D eigenvalue weighted by Gasteiger charge is 2.33. The van der Waals surface area contributed by atoms with E-state index in [-0.39, 0.29) is 11.8 Å². The summed E-state index contributed by atoms with van der Waals surface area (Å²) in [6.45, 7) is 1.82. The predicted molar refractivity (Wildman–Crippen MR) is 62.9 cm³/mol. The maximum atomic E-state index is 11.9. The van der Waals surface area contributed by atoms with E-state index in [0.29, 0.717) is 16.4 Å². The van der Waals surface area contributed by atoms with Gasteiger partial charge in [0.2, 0.25) is 0 Å². The van der Waals surface area contributed by atoms with Crippen LogP contribution in [0.1, 0.15) is 47.5 Å². The summed E-state index contributed by atoms with van der Waals surface area (Å²) < 4.78 is 23.7. The quantitative estimate of drug-likeness (QED) is 0.864. The molecule has 2 unspecified atom stereocenters. The second-order valence-electron chi connectivity index (χ2n) is 4.12. The summed E-state index contributed by atoms with van der Waals surface area (Å²) in [4.78, 5) is 0. The molecule has 2 N–H and O–H groups in total. The van der Waals surface area contributed by atoms with Crippen molar-refractivity contribution in [1.29, 1.82) is 0 Å². The minimum atomic E-state index is -3.02. The first-order chi connectivity index (χ1) is 7.50. The minimum absolute atomic E-state index is 0.183. The second kappa shape index (κ2) is 4.38. The Hall–Kier alpha value is -0.530. The van der Waals surface area contributed by atoms with Gasteiger partial charge in [-0.05, 0) is 19.8 Å². The molecule has 0 amide bonds. The summed E-state index contributed by atoms with van der Waals surface area (Å²) in [5.74, 6) is 0.269. The lowest BCUT2D eigenvalue weighted by Gasteiger charge is -2.19. The first kappa shape index (κ1) is 11.9. The van der Waals surface area contributed by atoms with Crippen molar-refractivity contribution < 1.29 is 8.42 Å². The van der Waals surface area contributed by atoms with Gasteiger partial charge in [-0.3, -0.25) is 0 Å². The van der Waals surface area contributed by atoms with Crippen LogP contribution in [0.25, 0.3) is 0 Å². The molecule has 0 bridgehead atoms. The van der Waals surface area contributed by atoms with Crippen molar-refractivity contribution >= 4 is 21.2 Å². The van der Waals surface area contributed by atoms with Gasteiger partial charge in [0.15, 0.2) is 9.84 Å². The molecule has 2 atom stereocenters. The number of hydrogen-bond donors (Lipinski definition) is 1. The molecule has 1 aromatic rings. The predicted octanol–water partition coefficient (Wildman–Crippen LogP) is 1.20. The van der Waals surface area contributed by atoms with Crippen molar-refractivity contribution in [3.63, 3.8) is 0 Å². The third-order valence-corrected chi connectivity index (χ3v) is 6.27. The summed E-state index contributed by atoms with van der Waals surface area (Å²) in [6, 6.07) is -0.183. The summed E-state index contributed by atoms with van der Waals surface area (Å²) in [6.07, 6.45) is 2.37. The number of hydrogen-bond acceptors (Lipinski definition) is 6. The van der Waals surface area contributed by atoms with Gasteiger partial charge in [-0.25, -0.2) is 8.42 Å². The average Bonchev–Trinajstić information content (AvgIpc) is 2.65. The third kappa shape index (κ3) is 2.26. The van der Waals surface area contributed by atoms with E-state index in [4.69, 9.17) is 5.73 Å². The average molecular weight is 261 g/mol. The van der Waals surface area contributed by atoms with Crippen molar-refractivity contribution in [3.8, 4) is 0 Å². The van der Waals surface area contributed by atoms with Crippen molar-refractivity contribution in [2.75, 3.05) is 5.75 Å². The molecule has 2 heterocycles. The highest BCUT2D eigenvalue weighted by Crippen LogP contribution is 2.35. The lowest BCUT2D eigenvalue weighted by Crippen LogP contribution is -2.21. The van der Waals surface area contributed by atoms with Crippen LogP contribution >= 0.6 is 11.3 Å². The lowest BCUT2D eigenvalue weighted by molar-refractivity contribution is 0.544. The molecule has 0 saturated carbocycles. The fraction of sp³-hybridized carbons (Fsp3) is 0.778. The number of aromatic nitrogens is 2. The molecular weight excluding hydrogens is 246 g/mol. The molecule has 7 heteroatoms. The number of nitrogens with zero attached hydrogens (tertiary/aromatic N) is 2. The van der Waals surface area contributed by atoms with Gasteiger partial charge in [-0.1, -0.05) is 17.8 Å². The Balaban J connectivity index is 2.29. The maximum Gasteiger partial charge on any atom is 0.159 e. The zero-order chi connectivity index (χ0) is 11.8. The summed E-state index contributed by atoms with van der Waals surface area (Å²) in [5.41, 5.74) is 5.68. The normalized spacial score (nSPS) is 26.5. The fourth-order valence-electron chi connectivity index (χ4n) is 1.79. The largest absolute Gasteiger partial charge is 0.322 e. The molecule has 1 fully saturated rings. The Bertz CT molecular complexity index is 467. The third-order valence-electron chi connectivity index (χ3n) is 2.70. The Morgan fingerprint density at radius 3 is 2.75 bits per heavy atom. The van der Waals surface area contributed by atoms with Gasteiger partial charge >= 0.3 is 0 Å². The standard InChI is InChI=1S/C9H15N3O2S2/c1-6(10)8-11-12-9(15-8)7-4-2-3-5-16(7,13)14/h6-7H,2-5,10H2,1H3. The number of rotatable bonds is 2. The van der Waals surface area contributed by atoms with Gasteiger partial charge < -0.3 is 5.73 Å². The van der Waals surface area contributed by atoms with E-state index < -0.39 is 15.1 Å². The molecule has 90 valence electrons. The van der Waals surface area contributed by atoms with Gasteiger partial charge in [0.25, 0.3) is 0 Å². The molecular formula is C9H15N3O2S2. The minimum Gasteiger partial charge on any atom is -0.322 e. The molecule has 16 heavy (non-hydrogen) atoms. The molecule has 2 rings (SSSR count). The van der Waals surface area contributed by atoms with E-state index in [1.165, 1.54) is 11.3 Å². The molecule has 5 nitrogen and oxygen atoms in total. The molecule has 1 aromatic heterocycles. The topological polar surface area (TPSA) is 85.9 Å². The molecule has 0 spiro atoms. The van der Waals surface area contributed by atoms with E-state index in [0.717, 1.165) is 12.8 Å². The number of sulfone groups is 1. The number of nitrogens with two attached hydrogens (primary N) is 1. The van der Waals surface area contributed by atoms with Crippen LogP contribution in [0.2, 0.25) is 0 Å². The highest BCUT2D eigenvalue weighted by molar-refractivity contribution is 7.91. The van der Waals surface area contributed by atoms with Gasteiger partial charge in [-0.15, -0.1) is 10.2 Å². The Kier molecular flexibility index (Phi) is 3.27. The Labute approximate surface area is 99.0 Å². The van der Waals surface area contributed by atoms with Crippen molar-refractivity contribution in [2.24, 2.45) is 5.73 Å². The van der Waals surface area contributed by atoms with Crippen LogP contribution in [0.3, 0.4) is 0 Å². The van der Waals surface area contributed by atoms with E-state index in [1.54, 1.807) is 0 Å². The fourth-order valence-corrected chi connectivity index (χ4v) is 4.96. The van der Waals surface area contributed by atoms with Crippen LogP contribution in [0, 0.1) is 0 Å². The molecule has 1 aliphatic rings. The van der Waals surface area contributed by atoms with Crippen LogP contribution in [0.5, 0.6) is 0 Å². The van der Waals surface area contributed by atoms with Gasteiger partial charge in [0.1, 0.15) is 15.3 Å². The van der Waals surface area contributed by atoms with Crippen molar-refractivity contribution in [3.05, 3.63) is 10.0 Å². The van der Waals surface area contributed by atoms with Gasteiger partial charge in [-0.2, -0.15) is 0 Å². The van der Waals surface area contributed by atoms with Crippen molar-refractivity contribution in [1.82, 2.24) is 10.2 Å². The van der Waals surface area contributed by atoms with Gasteiger partial charge in [0, 0.05) is 0 Å². The highest BCUT2D eigenvalue weighted by atomic mass is 32.2. The smallest absolute Gasteiger partial charge is 0.159 e. The van der Waals surface area contributed by atoms with E-state index >= 15 is 0 Å². The summed E-state index contributed by atoms with van der Waals surface area (Å²) in [5, 5.41) is 8.76. The van der Waals surface area contributed by atoms with Crippen molar-refractivity contribution in [2.45, 2.75) is 37.5 Å². The summed E-state index contributed by atoms with van der Waals surface area (Å²) >= 11 is 1.32. The second-order valence-corrected chi connectivity index (χ2v) is 7.46. The van der Waals surface area contributed by atoms with Crippen LogP contribution in [0.4, 0.5) is 0 Å². The summed E-state index contributed by atoms with van der Waals surface area (Å²) in [7, 11) is -3.02. The Morgan fingerprint density at radius 1 is 1.44 bits per heavy atom. The van der Waals surface area contributed by atoms with Crippen LogP contribution in [-0.4, -0.2) is 24.4 Å². The van der Waals surface area contributed by atoms with Crippen LogP contribution in [0.15, 0.2) is 0 Å². The maximum absolute atomic E-state index is 11.9. The lowest BCUT2D eigenvalue weighted by atomic mass is 10.2. The first-order valence-corrected chi connectivity index (χ1v) is 7.84. The van der Waals surface area contributed by atoms with E-state index in [9.17, 15) is 8.42 Å². The first-order valence-electron chi connectivity index (χ1n) is 5.31. The van der Waals surface area contributed by atoms with Crippen LogP contribution in [-0.2, 0) is 9.84 Å². The molecule has 0 radical (unpaired) electrons. The molecule has 0 aliphatic carbocycles.